The zero-order valence-corrected chi connectivity index (χ0v) is 16.2. The number of hydrogen-bond acceptors (Lipinski definition) is 9. The van der Waals surface area contributed by atoms with Gasteiger partial charge in [0.15, 0.2) is 0 Å². The SMILES string of the molecule is CCOC(=O)OC(C)(C)OC(=O)[C@@H]1N2C(=O)C[C@H]2S[C@@]1(C)COC(C)=O. The van der Waals surface area contributed by atoms with Gasteiger partial charge in [-0.25, -0.2) is 9.59 Å². The number of hydrogen-bond donors (Lipinski definition) is 0. The van der Waals surface area contributed by atoms with E-state index in [2.05, 4.69) is 4.74 Å². The Labute approximate surface area is 155 Å². The zero-order chi connectivity index (χ0) is 19.7. The lowest BCUT2D eigenvalue weighted by molar-refractivity contribution is -0.208. The Bertz CT molecular complexity index is 621. The van der Waals surface area contributed by atoms with E-state index in [1.54, 1.807) is 13.8 Å². The zero-order valence-electron chi connectivity index (χ0n) is 15.4. The van der Waals surface area contributed by atoms with Gasteiger partial charge in [0.1, 0.15) is 12.6 Å². The van der Waals surface area contributed by atoms with Crippen molar-refractivity contribution in [3.05, 3.63) is 0 Å². The van der Waals surface area contributed by atoms with Gasteiger partial charge >= 0.3 is 18.1 Å². The van der Waals surface area contributed by atoms with Crippen molar-refractivity contribution in [2.75, 3.05) is 13.2 Å². The van der Waals surface area contributed by atoms with E-state index in [9.17, 15) is 19.2 Å². The molecule has 2 rings (SSSR count). The predicted octanol–water partition coefficient (Wildman–Crippen LogP) is 1.43. The Morgan fingerprint density at radius 2 is 1.92 bits per heavy atom. The largest absolute Gasteiger partial charge is 0.511 e. The number of esters is 2. The van der Waals surface area contributed by atoms with E-state index >= 15 is 0 Å². The van der Waals surface area contributed by atoms with Crippen molar-refractivity contribution in [1.29, 1.82) is 0 Å². The lowest BCUT2D eigenvalue weighted by Crippen LogP contribution is -2.59. The van der Waals surface area contributed by atoms with E-state index < -0.39 is 34.7 Å². The average Bonchev–Trinajstić information content (AvgIpc) is 2.72. The summed E-state index contributed by atoms with van der Waals surface area (Å²) >= 11 is 1.39. The molecular weight excluding hydrogens is 366 g/mol. The van der Waals surface area contributed by atoms with Crippen LogP contribution < -0.4 is 0 Å². The molecule has 0 unspecified atom stereocenters. The van der Waals surface area contributed by atoms with Gasteiger partial charge in [0.25, 0.3) is 5.79 Å². The van der Waals surface area contributed by atoms with Crippen molar-refractivity contribution in [2.45, 2.75) is 63.0 Å². The predicted molar refractivity (Wildman–Crippen MR) is 89.9 cm³/mol. The number of carbonyl (C=O) groups is 4. The van der Waals surface area contributed by atoms with Crippen LogP contribution in [0.2, 0.25) is 0 Å². The molecule has 3 atom stereocenters. The van der Waals surface area contributed by atoms with E-state index in [-0.39, 0.29) is 24.5 Å². The molecule has 0 bridgehead atoms. The summed E-state index contributed by atoms with van der Waals surface area (Å²) < 4.78 is 19.2. The number of fused-ring (bicyclic) bond motifs is 1. The third-order valence-corrected chi connectivity index (χ3v) is 5.48. The van der Waals surface area contributed by atoms with Crippen LogP contribution >= 0.6 is 11.8 Å². The molecule has 0 aliphatic carbocycles. The molecule has 0 N–H and O–H groups in total. The van der Waals surface area contributed by atoms with E-state index in [4.69, 9.17) is 14.2 Å². The minimum Gasteiger partial charge on any atom is -0.464 e. The summed E-state index contributed by atoms with van der Waals surface area (Å²) in [6.07, 6.45) is -0.654. The van der Waals surface area contributed by atoms with Crippen LogP contribution in [-0.2, 0) is 33.3 Å². The number of rotatable bonds is 6. The molecule has 0 spiro atoms. The maximum Gasteiger partial charge on any atom is 0.511 e. The van der Waals surface area contributed by atoms with Gasteiger partial charge in [0.2, 0.25) is 5.91 Å². The van der Waals surface area contributed by atoms with E-state index in [1.165, 1.54) is 37.4 Å². The Morgan fingerprint density at radius 3 is 2.46 bits per heavy atom. The van der Waals surface area contributed by atoms with Crippen molar-refractivity contribution in [2.24, 2.45) is 0 Å². The lowest BCUT2D eigenvalue weighted by atomic mass is 9.97. The highest BCUT2D eigenvalue weighted by Crippen LogP contribution is 2.51. The number of thioether (sulfide) groups is 1. The summed E-state index contributed by atoms with van der Waals surface area (Å²) in [5.74, 6) is -2.98. The molecule has 1 amide bonds. The summed E-state index contributed by atoms with van der Waals surface area (Å²) in [7, 11) is 0. The van der Waals surface area contributed by atoms with Crippen molar-refractivity contribution < 1.29 is 38.1 Å². The molecule has 2 aliphatic rings. The van der Waals surface area contributed by atoms with Gasteiger partial charge in [0.05, 0.1) is 23.1 Å². The number of β-lactam (4-membered cyclic amide) rings is 1. The van der Waals surface area contributed by atoms with Crippen LogP contribution in [0.3, 0.4) is 0 Å². The van der Waals surface area contributed by atoms with E-state index in [1.807, 2.05) is 0 Å². The first-order valence-electron chi connectivity index (χ1n) is 8.20. The molecule has 2 fully saturated rings. The molecule has 2 heterocycles. The fourth-order valence-corrected chi connectivity index (χ4v) is 4.53. The van der Waals surface area contributed by atoms with Crippen LogP contribution in [-0.4, -0.2) is 64.1 Å². The first-order chi connectivity index (χ1) is 12.0. The van der Waals surface area contributed by atoms with E-state index in [0.717, 1.165) is 0 Å². The summed E-state index contributed by atoms with van der Waals surface area (Å²) in [4.78, 5) is 48.9. The number of amides is 1. The molecule has 10 heteroatoms. The fourth-order valence-electron chi connectivity index (χ4n) is 2.87. The lowest BCUT2D eigenvalue weighted by Gasteiger charge is -2.38. The highest BCUT2D eigenvalue weighted by Gasteiger charge is 2.62. The van der Waals surface area contributed by atoms with Gasteiger partial charge in [-0.15, -0.1) is 11.8 Å². The summed E-state index contributed by atoms with van der Waals surface area (Å²) in [6, 6.07) is -0.955. The van der Waals surface area contributed by atoms with Gasteiger partial charge in [0, 0.05) is 20.8 Å². The van der Waals surface area contributed by atoms with Crippen LogP contribution in [0.1, 0.15) is 41.0 Å². The van der Waals surface area contributed by atoms with Crippen molar-refractivity contribution >= 4 is 35.8 Å². The van der Waals surface area contributed by atoms with Gasteiger partial charge in [-0.1, -0.05) is 0 Å². The Hall–Kier alpha value is -1.97. The standard InChI is InChI=1S/C16H23NO8S/c1-6-22-14(21)25-15(3,4)24-13(20)12-16(5,8-23-9(2)18)26-11-7-10(19)17(11)12/h11-12H,6-8H2,1-5H3/t11-,12+,16+/m1/s1. The summed E-state index contributed by atoms with van der Waals surface area (Å²) in [5.41, 5.74) is 0. The molecule has 26 heavy (non-hydrogen) atoms. The monoisotopic (exact) mass is 389 g/mol. The molecule has 9 nitrogen and oxygen atoms in total. The first-order valence-corrected chi connectivity index (χ1v) is 9.08. The van der Waals surface area contributed by atoms with Crippen molar-refractivity contribution in [3.8, 4) is 0 Å². The van der Waals surface area contributed by atoms with Gasteiger partial charge in [-0.3, -0.25) is 9.59 Å². The fraction of sp³-hybridized carbons (Fsp3) is 0.750. The second-order valence-electron chi connectivity index (χ2n) is 6.68. The maximum absolute atomic E-state index is 12.8. The maximum atomic E-state index is 12.8. The summed E-state index contributed by atoms with van der Waals surface area (Å²) in [6.45, 7) is 7.47. The minimum atomic E-state index is -1.58. The van der Waals surface area contributed by atoms with E-state index in [0.29, 0.717) is 6.42 Å². The normalized spacial score (nSPS) is 27.3. The first kappa shape index (κ1) is 20.3. The molecule has 0 aromatic rings. The molecule has 2 aliphatic heterocycles. The Balaban J connectivity index is 2.13. The molecule has 0 saturated carbocycles. The number of carbonyl (C=O) groups excluding carboxylic acids is 4. The smallest absolute Gasteiger partial charge is 0.464 e. The third kappa shape index (κ3) is 4.22. The highest BCUT2D eigenvalue weighted by molar-refractivity contribution is 8.01. The van der Waals surface area contributed by atoms with Crippen molar-refractivity contribution in [1.82, 2.24) is 4.90 Å². The third-order valence-electron chi connectivity index (χ3n) is 3.93. The molecule has 0 aromatic heterocycles. The van der Waals surface area contributed by atoms with Crippen LogP contribution in [0.5, 0.6) is 0 Å². The minimum absolute atomic E-state index is 0.0494. The Morgan fingerprint density at radius 1 is 1.27 bits per heavy atom. The highest BCUT2D eigenvalue weighted by atomic mass is 32.2. The van der Waals surface area contributed by atoms with Crippen LogP contribution in [0.4, 0.5) is 4.79 Å². The van der Waals surface area contributed by atoms with Crippen LogP contribution in [0, 0.1) is 0 Å². The molecular formula is C16H23NO8S. The average molecular weight is 389 g/mol. The van der Waals surface area contributed by atoms with Gasteiger partial charge in [-0.2, -0.15) is 0 Å². The van der Waals surface area contributed by atoms with Crippen molar-refractivity contribution in [3.63, 3.8) is 0 Å². The van der Waals surface area contributed by atoms with Gasteiger partial charge in [-0.05, 0) is 13.8 Å². The molecule has 0 aromatic carbocycles. The molecule has 2 saturated heterocycles. The summed E-state index contributed by atoms with van der Waals surface area (Å²) in [5, 5.41) is -0.172. The quantitative estimate of drug-likeness (QED) is 0.288. The number of nitrogens with zero attached hydrogens (tertiary/aromatic N) is 1. The van der Waals surface area contributed by atoms with Crippen LogP contribution in [0.25, 0.3) is 0 Å². The molecule has 146 valence electrons. The second-order valence-corrected chi connectivity index (χ2v) is 8.39. The van der Waals surface area contributed by atoms with Crippen LogP contribution in [0.15, 0.2) is 0 Å². The van der Waals surface area contributed by atoms with Gasteiger partial charge < -0.3 is 23.8 Å². The Kier molecular flexibility index (Phi) is 5.74. The number of ether oxygens (including phenoxy) is 4. The second kappa shape index (κ2) is 7.34. The topological polar surface area (TPSA) is 108 Å². The molecule has 0 radical (unpaired) electrons.